The van der Waals surface area contributed by atoms with Crippen LogP contribution in [0.15, 0.2) is 60.8 Å². The number of anilines is 3. The van der Waals surface area contributed by atoms with E-state index in [4.69, 9.17) is 5.73 Å². The van der Waals surface area contributed by atoms with Gasteiger partial charge >= 0.3 is 0 Å². The van der Waals surface area contributed by atoms with Gasteiger partial charge in [-0.3, -0.25) is 4.98 Å². The van der Waals surface area contributed by atoms with Crippen LogP contribution >= 0.6 is 0 Å². The van der Waals surface area contributed by atoms with E-state index in [9.17, 15) is 0 Å². The molecule has 1 aromatic heterocycles. The number of nitrogens with one attached hydrogen (secondary N) is 1. The molecule has 0 radical (unpaired) electrons. The van der Waals surface area contributed by atoms with Crippen LogP contribution in [0.1, 0.15) is 0 Å². The molecule has 3 heteroatoms. The van der Waals surface area contributed by atoms with Crippen LogP contribution in [0.3, 0.4) is 0 Å². The van der Waals surface area contributed by atoms with Crippen molar-refractivity contribution in [2.75, 3.05) is 11.1 Å². The smallest absolute Gasteiger partial charge is 0.0703 e. The molecule has 3 aromatic rings. The lowest BCUT2D eigenvalue weighted by Gasteiger charge is -2.07. The Bertz CT molecular complexity index is 675. The van der Waals surface area contributed by atoms with Crippen molar-refractivity contribution in [3.63, 3.8) is 0 Å². The fourth-order valence-corrected chi connectivity index (χ4v) is 1.87. The van der Waals surface area contributed by atoms with Gasteiger partial charge in [0.05, 0.1) is 17.4 Å². The number of hydrogen-bond donors (Lipinski definition) is 2. The summed E-state index contributed by atoms with van der Waals surface area (Å²) >= 11 is 0. The van der Waals surface area contributed by atoms with Crippen LogP contribution in [0.4, 0.5) is 17.1 Å². The summed E-state index contributed by atoms with van der Waals surface area (Å²) < 4.78 is 0. The zero-order valence-corrected chi connectivity index (χ0v) is 9.80. The Morgan fingerprint density at radius 3 is 2.50 bits per heavy atom. The average molecular weight is 235 g/mol. The number of rotatable bonds is 2. The normalized spacial score (nSPS) is 10.4. The molecule has 3 rings (SSSR count). The third-order valence-corrected chi connectivity index (χ3v) is 2.79. The van der Waals surface area contributed by atoms with Crippen LogP contribution < -0.4 is 11.1 Å². The van der Waals surface area contributed by atoms with E-state index in [1.54, 1.807) is 0 Å². The molecule has 0 bridgehead atoms. The summed E-state index contributed by atoms with van der Waals surface area (Å²) in [5.74, 6) is 0. The standard InChI is InChI=1S/C15H13N3/c16-12-5-7-13(8-6-12)18-14-9-11-3-1-2-4-15(11)17-10-14/h1-10,18H,16H2. The summed E-state index contributed by atoms with van der Waals surface area (Å²) in [7, 11) is 0. The molecule has 88 valence electrons. The molecule has 1 heterocycles. The van der Waals surface area contributed by atoms with Crippen molar-refractivity contribution in [1.82, 2.24) is 4.98 Å². The lowest BCUT2D eigenvalue weighted by Crippen LogP contribution is -1.92. The molecule has 0 aliphatic carbocycles. The van der Waals surface area contributed by atoms with E-state index in [0.717, 1.165) is 28.0 Å². The first-order valence-corrected chi connectivity index (χ1v) is 5.79. The lowest BCUT2D eigenvalue weighted by atomic mass is 10.2. The minimum absolute atomic E-state index is 0.761. The topological polar surface area (TPSA) is 50.9 Å². The Hall–Kier alpha value is -2.55. The molecule has 3 N–H and O–H groups in total. The summed E-state index contributed by atoms with van der Waals surface area (Å²) in [6, 6.07) is 17.8. The van der Waals surface area contributed by atoms with Crippen molar-refractivity contribution in [1.29, 1.82) is 0 Å². The molecule has 0 saturated heterocycles. The zero-order valence-electron chi connectivity index (χ0n) is 9.80. The first-order valence-electron chi connectivity index (χ1n) is 5.79. The van der Waals surface area contributed by atoms with Gasteiger partial charge in [-0.1, -0.05) is 18.2 Å². The number of hydrogen-bond acceptors (Lipinski definition) is 3. The van der Waals surface area contributed by atoms with Gasteiger partial charge in [-0.05, 0) is 36.4 Å². The second kappa shape index (κ2) is 4.37. The van der Waals surface area contributed by atoms with Crippen LogP contribution in [0, 0.1) is 0 Å². The van der Waals surface area contributed by atoms with E-state index in [2.05, 4.69) is 22.4 Å². The SMILES string of the molecule is Nc1ccc(Nc2cnc3ccccc3c2)cc1. The Labute approximate surface area is 105 Å². The number of nitrogen functional groups attached to an aromatic ring is 1. The molecule has 0 amide bonds. The molecule has 18 heavy (non-hydrogen) atoms. The summed E-state index contributed by atoms with van der Waals surface area (Å²) in [6.07, 6.45) is 1.83. The number of fused-ring (bicyclic) bond motifs is 1. The minimum Gasteiger partial charge on any atom is -0.399 e. The van der Waals surface area contributed by atoms with Gasteiger partial charge in [-0.15, -0.1) is 0 Å². The Balaban J connectivity index is 1.92. The van der Waals surface area contributed by atoms with E-state index in [1.165, 1.54) is 0 Å². The molecule has 0 atom stereocenters. The van der Waals surface area contributed by atoms with E-state index in [-0.39, 0.29) is 0 Å². The Morgan fingerprint density at radius 2 is 1.67 bits per heavy atom. The van der Waals surface area contributed by atoms with Crippen molar-refractivity contribution in [2.24, 2.45) is 0 Å². The summed E-state index contributed by atoms with van der Waals surface area (Å²) in [5.41, 5.74) is 9.39. The molecule has 0 saturated carbocycles. The van der Waals surface area contributed by atoms with Crippen molar-refractivity contribution in [2.45, 2.75) is 0 Å². The van der Waals surface area contributed by atoms with Crippen LogP contribution in [0.2, 0.25) is 0 Å². The maximum Gasteiger partial charge on any atom is 0.0703 e. The van der Waals surface area contributed by atoms with E-state index in [1.807, 2.05) is 48.7 Å². The number of pyridine rings is 1. The van der Waals surface area contributed by atoms with Gasteiger partial charge in [-0.2, -0.15) is 0 Å². The van der Waals surface area contributed by atoms with Crippen molar-refractivity contribution < 1.29 is 0 Å². The fraction of sp³-hybridized carbons (Fsp3) is 0. The molecule has 0 fully saturated rings. The molecule has 3 nitrogen and oxygen atoms in total. The van der Waals surface area contributed by atoms with E-state index in [0.29, 0.717) is 0 Å². The third-order valence-electron chi connectivity index (χ3n) is 2.79. The van der Waals surface area contributed by atoms with Gasteiger partial charge in [0, 0.05) is 16.8 Å². The largest absolute Gasteiger partial charge is 0.399 e. The molecule has 0 unspecified atom stereocenters. The average Bonchev–Trinajstić information content (AvgIpc) is 2.41. The summed E-state index contributed by atoms with van der Waals surface area (Å²) in [6.45, 7) is 0. The maximum absolute atomic E-state index is 5.65. The van der Waals surface area contributed by atoms with E-state index < -0.39 is 0 Å². The van der Waals surface area contributed by atoms with Gasteiger partial charge in [0.1, 0.15) is 0 Å². The van der Waals surface area contributed by atoms with Crippen molar-refractivity contribution in [3.05, 3.63) is 60.8 Å². The Morgan fingerprint density at radius 1 is 0.889 bits per heavy atom. The molecule has 0 spiro atoms. The first kappa shape index (κ1) is 10.6. The minimum atomic E-state index is 0.761. The zero-order chi connectivity index (χ0) is 12.4. The second-order valence-corrected chi connectivity index (χ2v) is 4.16. The first-order chi connectivity index (χ1) is 8.81. The molecular weight excluding hydrogens is 222 g/mol. The molecule has 0 aliphatic heterocycles. The van der Waals surface area contributed by atoms with Gasteiger partial charge in [0.2, 0.25) is 0 Å². The van der Waals surface area contributed by atoms with Crippen LogP contribution in [0.25, 0.3) is 10.9 Å². The predicted octanol–water partition coefficient (Wildman–Crippen LogP) is 3.56. The highest BCUT2D eigenvalue weighted by Crippen LogP contribution is 2.20. The van der Waals surface area contributed by atoms with Crippen molar-refractivity contribution >= 4 is 28.0 Å². The van der Waals surface area contributed by atoms with Crippen LogP contribution in [0.5, 0.6) is 0 Å². The van der Waals surface area contributed by atoms with Gasteiger partial charge in [0.25, 0.3) is 0 Å². The van der Waals surface area contributed by atoms with Gasteiger partial charge < -0.3 is 11.1 Å². The van der Waals surface area contributed by atoms with Crippen LogP contribution in [-0.4, -0.2) is 4.98 Å². The number of benzene rings is 2. The van der Waals surface area contributed by atoms with E-state index >= 15 is 0 Å². The van der Waals surface area contributed by atoms with Crippen molar-refractivity contribution in [3.8, 4) is 0 Å². The summed E-state index contributed by atoms with van der Waals surface area (Å²) in [4.78, 5) is 4.41. The second-order valence-electron chi connectivity index (χ2n) is 4.16. The predicted molar refractivity (Wildman–Crippen MR) is 75.9 cm³/mol. The third kappa shape index (κ3) is 2.11. The number of aromatic nitrogens is 1. The molecule has 2 aromatic carbocycles. The highest BCUT2D eigenvalue weighted by molar-refractivity contribution is 5.82. The van der Waals surface area contributed by atoms with Crippen LogP contribution in [-0.2, 0) is 0 Å². The molecular formula is C15H13N3. The number of para-hydroxylation sites is 1. The Kier molecular flexibility index (Phi) is 2.57. The lowest BCUT2D eigenvalue weighted by molar-refractivity contribution is 1.39. The molecule has 0 aliphatic rings. The highest BCUT2D eigenvalue weighted by Gasteiger charge is 1.98. The highest BCUT2D eigenvalue weighted by atomic mass is 14.9. The number of nitrogens with zero attached hydrogens (tertiary/aromatic N) is 1. The monoisotopic (exact) mass is 235 g/mol. The van der Waals surface area contributed by atoms with Gasteiger partial charge in [0.15, 0.2) is 0 Å². The fourth-order valence-electron chi connectivity index (χ4n) is 1.87. The maximum atomic E-state index is 5.65. The summed E-state index contributed by atoms with van der Waals surface area (Å²) in [5, 5.41) is 4.43. The quantitative estimate of drug-likeness (QED) is 0.668. The van der Waals surface area contributed by atoms with Gasteiger partial charge in [-0.25, -0.2) is 0 Å². The number of nitrogens with two attached hydrogens (primary N) is 1.